The average Bonchev–Trinajstić information content (AvgIpc) is 3.26. The van der Waals surface area contributed by atoms with E-state index in [-0.39, 0.29) is 17.4 Å². The van der Waals surface area contributed by atoms with Crippen LogP contribution in [0.4, 0.5) is 20.6 Å². The molecule has 2 aromatic carbocycles. The standard InChI is InChI=1S/C23H23FN4O2/c1-30-18-7-5-17(6-8-18)25-22(29)27-13-10-23(11-14-27)21-3-2-12-28(21)20-9-4-16(24)15-19(20)26-23/h2-9,12,15,26H,10-11,13-14H2,1H3,(H,25,29). The first-order valence-electron chi connectivity index (χ1n) is 10.0. The van der Waals surface area contributed by atoms with Crippen molar-refractivity contribution in [3.05, 3.63) is 72.3 Å². The zero-order valence-corrected chi connectivity index (χ0v) is 16.7. The molecule has 3 heterocycles. The number of anilines is 2. The molecule has 3 aromatic rings. The van der Waals surface area contributed by atoms with E-state index in [0.717, 1.165) is 41.3 Å². The lowest BCUT2D eigenvalue weighted by Gasteiger charge is -2.46. The van der Waals surface area contributed by atoms with Crippen molar-refractivity contribution in [1.82, 2.24) is 9.47 Å². The number of fused-ring (bicyclic) bond motifs is 4. The molecule has 0 unspecified atom stereocenters. The Kier molecular flexibility index (Phi) is 4.38. The van der Waals surface area contributed by atoms with Gasteiger partial charge in [0.05, 0.1) is 24.0 Å². The van der Waals surface area contributed by atoms with E-state index in [1.54, 1.807) is 19.2 Å². The molecule has 2 aliphatic rings. The minimum absolute atomic E-state index is 0.118. The Hall–Kier alpha value is -3.48. The lowest BCUT2D eigenvalue weighted by atomic mass is 9.82. The Bertz CT molecular complexity index is 1080. The van der Waals surface area contributed by atoms with Crippen LogP contribution in [0.25, 0.3) is 5.69 Å². The van der Waals surface area contributed by atoms with E-state index in [9.17, 15) is 9.18 Å². The summed E-state index contributed by atoms with van der Waals surface area (Å²) < 4.78 is 21.1. The van der Waals surface area contributed by atoms with Gasteiger partial charge in [-0.1, -0.05) is 0 Å². The third-order valence-electron chi connectivity index (χ3n) is 6.08. The Morgan fingerprint density at radius 2 is 1.90 bits per heavy atom. The summed E-state index contributed by atoms with van der Waals surface area (Å²) in [7, 11) is 1.61. The SMILES string of the molecule is COc1ccc(NC(=O)N2CCC3(CC2)Nc2cc(F)ccc2-n2cccc23)cc1. The summed E-state index contributed by atoms with van der Waals surface area (Å²) >= 11 is 0. The van der Waals surface area contributed by atoms with Gasteiger partial charge in [0.1, 0.15) is 11.6 Å². The van der Waals surface area contributed by atoms with Crippen molar-refractivity contribution in [2.75, 3.05) is 30.8 Å². The molecule has 2 N–H and O–H groups in total. The van der Waals surface area contributed by atoms with Gasteiger partial charge in [-0.2, -0.15) is 0 Å². The summed E-state index contributed by atoms with van der Waals surface area (Å²) in [6, 6.07) is 16.1. The van der Waals surface area contributed by atoms with Crippen LogP contribution in [-0.2, 0) is 5.54 Å². The van der Waals surface area contributed by atoms with Crippen molar-refractivity contribution in [3.63, 3.8) is 0 Å². The molecule has 0 aliphatic carbocycles. The zero-order chi connectivity index (χ0) is 20.7. The van der Waals surface area contributed by atoms with Crippen LogP contribution in [0.15, 0.2) is 60.8 Å². The monoisotopic (exact) mass is 406 g/mol. The van der Waals surface area contributed by atoms with E-state index in [4.69, 9.17) is 4.74 Å². The Morgan fingerprint density at radius 1 is 1.13 bits per heavy atom. The molecule has 2 aliphatic heterocycles. The highest BCUT2D eigenvalue weighted by Gasteiger charge is 2.42. The molecule has 2 amide bonds. The fourth-order valence-electron chi connectivity index (χ4n) is 4.47. The number of ether oxygens (including phenoxy) is 1. The zero-order valence-electron chi connectivity index (χ0n) is 16.7. The third kappa shape index (κ3) is 3.07. The summed E-state index contributed by atoms with van der Waals surface area (Å²) in [5.41, 5.74) is 3.30. The third-order valence-corrected chi connectivity index (χ3v) is 6.08. The summed E-state index contributed by atoms with van der Waals surface area (Å²) in [6.07, 6.45) is 3.49. The summed E-state index contributed by atoms with van der Waals surface area (Å²) in [6.45, 7) is 1.20. The minimum atomic E-state index is -0.318. The van der Waals surface area contributed by atoms with Gasteiger partial charge < -0.3 is 24.8 Å². The number of hydrogen-bond acceptors (Lipinski definition) is 3. The van der Waals surface area contributed by atoms with Gasteiger partial charge in [-0.15, -0.1) is 0 Å². The molecular weight excluding hydrogens is 383 g/mol. The minimum Gasteiger partial charge on any atom is -0.497 e. The second kappa shape index (κ2) is 7.09. The van der Waals surface area contributed by atoms with E-state index in [0.29, 0.717) is 13.1 Å². The summed E-state index contributed by atoms with van der Waals surface area (Å²) in [4.78, 5) is 14.6. The smallest absolute Gasteiger partial charge is 0.321 e. The molecule has 0 atom stereocenters. The fourth-order valence-corrected chi connectivity index (χ4v) is 4.47. The van der Waals surface area contributed by atoms with Gasteiger partial charge in [-0.3, -0.25) is 0 Å². The molecule has 1 spiro atoms. The first-order chi connectivity index (χ1) is 14.6. The maximum absolute atomic E-state index is 13.9. The topological polar surface area (TPSA) is 58.5 Å². The van der Waals surface area contributed by atoms with Gasteiger partial charge in [-0.05, 0) is 67.4 Å². The van der Waals surface area contributed by atoms with E-state index in [2.05, 4.69) is 21.3 Å². The number of piperidine rings is 1. The van der Waals surface area contributed by atoms with E-state index >= 15 is 0 Å². The lowest BCUT2D eigenvalue weighted by molar-refractivity contribution is 0.174. The predicted molar refractivity (Wildman–Crippen MR) is 114 cm³/mol. The van der Waals surface area contributed by atoms with Crippen LogP contribution in [0.2, 0.25) is 0 Å². The number of benzene rings is 2. The van der Waals surface area contributed by atoms with E-state index < -0.39 is 0 Å². The summed E-state index contributed by atoms with van der Waals surface area (Å²) in [5, 5.41) is 6.53. The number of hydrogen-bond donors (Lipinski definition) is 2. The molecule has 30 heavy (non-hydrogen) atoms. The normalized spacial score (nSPS) is 16.4. The van der Waals surface area contributed by atoms with Crippen molar-refractivity contribution in [3.8, 4) is 11.4 Å². The highest BCUT2D eigenvalue weighted by atomic mass is 19.1. The van der Waals surface area contributed by atoms with Crippen LogP contribution < -0.4 is 15.4 Å². The average molecular weight is 406 g/mol. The van der Waals surface area contributed by atoms with Crippen molar-refractivity contribution >= 4 is 17.4 Å². The maximum atomic E-state index is 13.9. The number of aromatic nitrogens is 1. The van der Waals surface area contributed by atoms with E-state index in [1.165, 1.54) is 6.07 Å². The van der Waals surface area contributed by atoms with E-state index in [1.807, 2.05) is 41.4 Å². The number of rotatable bonds is 2. The second-order valence-electron chi connectivity index (χ2n) is 7.78. The first-order valence-corrected chi connectivity index (χ1v) is 10.0. The Labute approximate surface area is 174 Å². The first kappa shape index (κ1) is 18.5. The number of methoxy groups -OCH3 is 1. The Balaban J connectivity index is 1.32. The number of likely N-dealkylation sites (tertiary alicyclic amines) is 1. The van der Waals surface area contributed by atoms with Crippen molar-refractivity contribution in [2.24, 2.45) is 0 Å². The van der Waals surface area contributed by atoms with Crippen molar-refractivity contribution in [2.45, 2.75) is 18.4 Å². The van der Waals surface area contributed by atoms with Gasteiger partial charge in [0, 0.05) is 30.7 Å². The van der Waals surface area contributed by atoms with Gasteiger partial charge in [0.15, 0.2) is 0 Å². The lowest BCUT2D eigenvalue weighted by Crippen LogP contribution is -2.51. The van der Waals surface area contributed by atoms with Gasteiger partial charge in [0.2, 0.25) is 0 Å². The predicted octanol–water partition coefficient (Wildman–Crippen LogP) is 4.57. The van der Waals surface area contributed by atoms with Crippen LogP contribution in [-0.4, -0.2) is 35.7 Å². The number of amides is 2. The molecule has 0 radical (unpaired) electrons. The molecule has 0 saturated carbocycles. The van der Waals surface area contributed by atoms with Crippen LogP contribution in [0.5, 0.6) is 5.75 Å². The van der Waals surface area contributed by atoms with Crippen molar-refractivity contribution < 1.29 is 13.9 Å². The number of nitrogens with zero attached hydrogens (tertiary/aromatic N) is 2. The largest absolute Gasteiger partial charge is 0.497 e. The maximum Gasteiger partial charge on any atom is 0.321 e. The molecule has 7 heteroatoms. The molecule has 0 bridgehead atoms. The molecule has 5 rings (SSSR count). The molecule has 6 nitrogen and oxygen atoms in total. The number of urea groups is 1. The molecule has 1 fully saturated rings. The highest BCUT2D eigenvalue weighted by molar-refractivity contribution is 5.89. The summed E-state index contributed by atoms with van der Waals surface area (Å²) in [5.74, 6) is 0.485. The fraction of sp³-hybridized carbons (Fsp3) is 0.261. The molecule has 1 saturated heterocycles. The molecular formula is C23H23FN4O2. The van der Waals surface area contributed by atoms with Crippen LogP contribution in [0, 0.1) is 5.82 Å². The number of carbonyl (C=O) groups is 1. The molecule has 1 aromatic heterocycles. The van der Waals surface area contributed by atoms with Gasteiger partial charge in [0.25, 0.3) is 0 Å². The van der Waals surface area contributed by atoms with Crippen molar-refractivity contribution in [1.29, 1.82) is 0 Å². The van der Waals surface area contributed by atoms with Crippen LogP contribution in [0.1, 0.15) is 18.5 Å². The number of carbonyl (C=O) groups excluding carboxylic acids is 1. The quantitative estimate of drug-likeness (QED) is 0.655. The Morgan fingerprint density at radius 3 is 2.63 bits per heavy atom. The van der Waals surface area contributed by atoms with Gasteiger partial charge >= 0.3 is 6.03 Å². The second-order valence-corrected chi connectivity index (χ2v) is 7.78. The van der Waals surface area contributed by atoms with Gasteiger partial charge in [-0.25, -0.2) is 9.18 Å². The number of nitrogens with one attached hydrogen (secondary N) is 2. The van der Waals surface area contributed by atoms with Crippen LogP contribution in [0.3, 0.4) is 0 Å². The molecule has 154 valence electrons. The van der Waals surface area contributed by atoms with Crippen LogP contribution >= 0.6 is 0 Å². The highest BCUT2D eigenvalue weighted by Crippen LogP contribution is 2.43. The number of halogens is 1.